The van der Waals surface area contributed by atoms with Crippen LogP contribution in [0.4, 0.5) is 4.39 Å². The highest BCUT2D eigenvalue weighted by molar-refractivity contribution is 6.08. The van der Waals surface area contributed by atoms with Crippen LogP contribution in [-0.4, -0.2) is 0 Å². The normalized spacial score (nSPS) is 18.7. The van der Waals surface area contributed by atoms with Gasteiger partial charge in [0, 0.05) is 0 Å². The second-order valence-corrected chi connectivity index (χ2v) is 5.38. The van der Waals surface area contributed by atoms with Crippen LogP contribution in [0, 0.1) is 0 Å². The van der Waals surface area contributed by atoms with Crippen LogP contribution in [0.3, 0.4) is 0 Å². The van der Waals surface area contributed by atoms with Gasteiger partial charge in [0.15, 0.2) is 0 Å². The van der Waals surface area contributed by atoms with Crippen LogP contribution in [0.5, 0.6) is 0 Å². The van der Waals surface area contributed by atoms with Crippen molar-refractivity contribution in [2.24, 2.45) is 0 Å². The fraction of sp³-hybridized carbons (Fsp3) is 0.222. The summed E-state index contributed by atoms with van der Waals surface area (Å²) in [7, 11) is 0. The molecule has 0 bridgehead atoms. The molecule has 0 aliphatic heterocycles. The van der Waals surface area contributed by atoms with Crippen molar-refractivity contribution in [2.45, 2.75) is 25.4 Å². The molecule has 94 valence electrons. The zero-order valence-electron chi connectivity index (χ0n) is 10.7. The molecule has 0 saturated carbocycles. The number of aryl methyl sites for hydroxylation is 1. The van der Waals surface area contributed by atoms with Crippen molar-refractivity contribution in [2.75, 3.05) is 0 Å². The number of benzene rings is 3. The van der Waals surface area contributed by atoms with E-state index in [1.807, 2.05) is 12.1 Å². The Balaban J connectivity index is 2.15. The van der Waals surface area contributed by atoms with Gasteiger partial charge < -0.3 is 0 Å². The smallest absolute Gasteiger partial charge is 0.126 e. The maximum Gasteiger partial charge on any atom is 0.126 e. The van der Waals surface area contributed by atoms with E-state index in [0.717, 1.165) is 23.8 Å². The van der Waals surface area contributed by atoms with E-state index in [2.05, 4.69) is 36.4 Å². The summed E-state index contributed by atoms with van der Waals surface area (Å²) in [5.41, 5.74) is 2.14. The summed E-state index contributed by atoms with van der Waals surface area (Å²) in [4.78, 5) is 0. The molecule has 1 atom stereocenters. The molecule has 0 saturated heterocycles. The molecule has 4 rings (SSSR count). The van der Waals surface area contributed by atoms with Gasteiger partial charge in [0.05, 0.1) is 0 Å². The van der Waals surface area contributed by atoms with Crippen LogP contribution in [-0.2, 0) is 6.42 Å². The molecule has 3 aromatic carbocycles. The molecule has 19 heavy (non-hydrogen) atoms. The van der Waals surface area contributed by atoms with E-state index in [-0.39, 0.29) is 0 Å². The average molecular weight is 250 g/mol. The molecule has 0 spiro atoms. The fourth-order valence-electron chi connectivity index (χ4n) is 3.36. The fourth-order valence-corrected chi connectivity index (χ4v) is 3.36. The molecule has 0 heterocycles. The van der Waals surface area contributed by atoms with E-state index >= 15 is 0 Å². The minimum Gasteiger partial charge on any atom is -0.242 e. The highest BCUT2D eigenvalue weighted by Crippen LogP contribution is 2.39. The average Bonchev–Trinajstić information content (AvgIpc) is 2.46. The Labute approximate surface area is 111 Å². The lowest BCUT2D eigenvalue weighted by atomic mass is 9.85. The van der Waals surface area contributed by atoms with Crippen molar-refractivity contribution in [1.29, 1.82) is 0 Å². The molecular formula is C18H15F. The Kier molecular flexibility index (Phi) is 2.34. The van der Waals surface area contributed by atoms with E-state index < -0.39 is 6.17 Å². The largest absolute Gasteiger partial charge is 0.242 e. The lowest BCUT2D eigenvalue weighted by Gasteiger charge is -2.22. The standard InChI is InChI=1S/C18H15F/c19-17-7-3-5-13-9-10-15-14-6-2-1-4-12(14)8-11-16(15)18(13)17/h1-2,4,6,8-11,17H,3,5,7H2. The van der Waals surface area contributed by atoms with E-state index in [1.54, 1.807) is 0 Å². The number of rotatable bonds is 0. The van der Waals surface area contributed by atoms with E-state index in [0.29, 0.717) is 6.42 Å². The Hall–Kier alpha value is -1.89. The van der Waals surface area contributed by atoms with Gasteiger partial charge in [-0.3, -0.25) is 0 Å². The Morgan fingerprint density at radius 2 is 1.68 bits per heavy atom. The first-order chi connectivity index (χ1) is 9.34. The van der Waals surface area contributed by atoms with Crippen molar-refractivity contribution in [3.05, 3.63) is 59.7 Å². The van der Waals surface area contributed by atoms with Crippen molar-refractivity contribution < 1.29 is 4.39 Å². The molecule has 0 N–H and O–H groups in total. The zero-order chi connectivity index (χ0) is 12.8. The van der Waals surface area contributed by atoms with Crippen LogP contribution >= 0.6 is 0 Å². The number of hydrogen-bond donors (Lipinski definition) is 0. The minimum atomic E-state index is -0.798. The van der Waals surface area contributed by atoms with Gasteiger partial charge >= 0.3 is 0 Å². The van der Waals surface area contributed by atoms with E-state index in [1.165, 1.54) is 21.7 Å². The molecular weight excluding hydrogens is 235 g/mol. The van der Waals surface area contributed by atoms with E-state index in [9.17, 15) is 4.39 Å². The van der Waals surface area contributed by atoms with Crippen molar-refractivity contribution in [3.63, 3.8) is 0 Å². The maximum absolute atomic E-state index is 14.3. The Morgan fingerprint density at radius 3 is 2.63 bits per heavy atom. The molecule has 0 amide bonds. The SMILES string of the molecule is FC1CCCc2ccc3c(ccc4ccccc43)c21. The van der Waals surface area contributed by atoms with Crippen LogP contribution in [0.2, 0.25) is 0 Å². The van der Waals surface area contributed by atoms with Crippen LogP contribution in [0.15, 0.2) is 48.5 Å². The summed E-state index contributed by atoms with van der Waals surface area (Å²) in [5.74, 6) is 0. The number of hydrogen-bond acceptors (Lipinski definition) is 0. The first-order valence-electron chi connectivity index (χ1n) is 6.92. The van der Waals surface area contributed by atoms with Crippen LogP contribution in [0.25, 0.3) is 21.5 Å². The third-order valence-corrected chi connectivity index (χ3v) is 4.27. The monoisotopic (exact) mass is 250 g/mol. The summed E-state index contributed by atoms with van der Waals surface area (Å²) in [5, 5.41) is 4.73. The minimum absolute atomic E-state index is 0.666. The Bertz CT molecular complexity index is 773. The van der Waals surface area contributed by atoms with Crippen LogP contribution in [0.1, 0.15) is 30.1 Å². The van der Waals surface area contributed by atoms with Crippen molar-refractivity contribution in [3.8, 4) is 0 Å². The zero-order valence-corrected chi connectivity index (χ0v) is 10.7. The van der Waals surface area contributed by atoms with Gasteiger partial charge in [-0.15, -0.1) is 0 Å². The molecule has 0 aromatic heterocycles. The number of halogens is 1. The third kappa shape index (κ3) is 1.58. The number of fused-ring (bicyclic) bond motifs is 5. The second-order valence-electron chi connectivity index (χ2n) is 5.38. The summed E-state index contributed by atoms with van der Waals surface area (Å²) < 4.78 is 14.3. The van der Waals surface area contributed by atoms with Crippen molar-refractivity contribution >= 4 is 21.5 Å². The highest BCUT2D eigenvalue weighted by atomic mass is 19.1. The summed E-state index contributed by atoms with van der Waals surface area (Å²) in [6.45, 7) is 0. The predicted octanol–water partition coefficient (Wildman–Crippen LogP) is 5.34. The topological polar surface area (TPSA) is 0 Å². The predicted molar refractivity (Wildman–Crippen MR) is 78.2 cm³/mol. The Morgan fingerprint density at radius 1 is 0.842 bits per heavy atom. The molecule has 0 fully saturated rings. The van der Waals surface area contributed by atoms with Crippen LogP contribution < -0.4 is 0 Å². The van der Waals surface area contributed by atoms with Gasteiger partial charge in [0.2, 0.25) is 0 Å². The summed E-state index contributed by atoms with van der Waals surface area (Å²) >= 11 is 0. The van der Waals surface area contributed by atoms with Crippen molar-refractivity contribution in [1.82, 2.24) is 0 Å². The van der Waals surface area contributed by atoms with Gasteiger partial charge in [-0.2, -0.15) is 0 Å². The van der Waals surface area contributed by atoms with E-state index in [4.69, 9.17) is 0 Å². The maximum atomic E-state index is 14.3. The number of alkyl halides is 1. The van der Waals surface area contributed by atoms with Gasteiger partial charge in [0.25, 0.3) is 0 Å². The lowest BCUT2D eigenvalue weighted by molar-refractivity contribution is 0.305. The molecule has 3 aromatic rings. The lowest BCUT2D eigenvalue weighted by Crippen LogP contribution is -2.06. The van der Waals surface area contributed by atoms with Gasteiger partial charge in [-0.1, -0.05) is 48.5 Å². The summed E-state index contributed by atoms with van der Waals surface area (Å²) in [6, 6.07) is 16.8. The first-order valence-corrected chi connectivity index (χ1v) is 6.92. The molecule has 1 aliphatic carbocycles. The molecule has 1 aliphatic rings. The quantitative estimate of drug-likeness (QED) is 0.472. The first kappa shape index (κ1) is 11.0. The van der Waals surface area contributed by atoms with Gasteiger partial charge in [0.1, 0.15) is 6.17 Å². The molecule has 1 heteroatoms. The molecule has 0 nitrogen and oxygen atoms in total. The summed E-state index contributed by atoms with van der Waals surface area (Å²) in [6.07, 6.45) is 1.85. The highest BCUT2D eigenvalue weighted by Gasteiger charge is 2.22. The molecule has 1 unspecified atom stereocenters. The van der Waals surface area contributed by atoms with Gasteiger partial charge in [-0.25, -0.2) is 4.39 Å². The second kappa shape index (κ2) is 4.06. The third-order valence-electron chi connectivity index (χ3n) is 4.27. The molecule has 0 radical (unpaired) electrons. The van der Waals surface area contributed by atoms with Gasteiger partial charge in [-0.05, 0) is 51.9 Å².